The van der Waals surface area contributed by atoms with Crippen LogP contribution in [-0.2, 0) is 16.0 Å². The van der Waals surface area contributed by atoms with E-state index in [9.17, 15) is 9.59 Å². The van der Waals surface area contributed by atoms with Crippen molar-refractivity contribution in [2.45, 2.75) is 19.4 Å². The van der Waals surface area contributed by atoms with Crippen molar-refractivity contribution in [3.05, 3.63) is 70.2 Å². The lowest BCUT2D eigenvalue weighted by Gasteiger charge is -2.13. The van der Waals surface area contributed by atoms with Crippen LogP contribution in [0.3, 0.4) is 0 Å². The van der Waals surface area contributed by atoms with Crippen molar-refractivity contribution in [1.29, 1.82) is 0 Å². The maximum atomic E-state index is 12.3. The maximum absolute atomic E-state index is 12.3. The Morgan fingerprint density at radius 3 is 2.67 bits per heavy atom. The molecular weight excluding hydrogens is 424 g/mol. The van der Waals surface area contributed by atoms with Gasteiger partial charge in [0.1, 0.15) is 10.8 Å². The van der Waals surface area contributed by atoms with Gasteiger partial charge in [0.25, 0.3) is 5.91 Å². The number of hydrogen-bond acceptors (Lipinski definition) is 6. The third-order valence-corrected chi connectivity index (χ3v) is 5.44. The lowest BCUT2D eigenvalue weighted by molar-refractivity contribution is -0.129. The van der Waals surface area contributed by atoms with Crippen LogP contribution in [-0.4, -0.2) is 36.6 Å². The molecule has 6 nitrogen and oxygen atoms in total. The highest BCUT2D eigenvalue weighted by atomic mass is 35.5. The molecule has 8 heteroatoms. The van der Waals surface area contributed by atoms with Crippen molar-refractivity contribution < 1.29 is 19.1 Å². The molecule has 1 unspecified atom stereocenters. The Kier molecular flexibility index (Phi) is 7.43. The van der Waals surface area contributed by atoms with Gasteiger partial charge in [0.15, 0.2) is 11.8 Å². The summed E-state index contributed by atoms with van der Waals surface area (Å²) in [5, 5.41) is 5.62. The minimum Gasteiger partial charge on any atom is -0.497 e. The predicted octanol–water partition coefficient (Wildman–Crippen LogP) is 4.38. The smallest absolute Gasteiger partial charge is 0.358 e. The summed E-state index contributed by atoms with van der Waals surface area (Å²) in [6.45, 7) is 1.97. The van der Waals surface area contributed by atoms with E-state index in [1.54, 1.807) is 24.6 Å². The van der Waals surface area contributed by atoms with Crippen molar-refractivity contribution in [1.82, 2.24) is 10.3 Å². The molecule has 0 aliphatic carbocycles. The van der Waals surface area contributed by atoms with Crippen LogP contribution in [0.15, 0.2) is 53.9 Å². The van der Waals surface area contributed by atoms with E-state index < -0.39 is 12.1 Å². The third-order valence-electron chi connectivity index (χ3n) is 4.31. The summed E-state index contributed by atoms with van der Waals surface area (Å²) < 4.78 is 10.4. The number of rotatable bonds is 8. The van der Waals surface area contributed by atoms with E-state index >= 15 is 0 Å². The molecule has 2 aromatic carbocycles. The first-order valence-corrected chi connectivity index (χ1v) is 10.5. The number of carbonyl (C=O) groups is 2. The number of amides is 1. The second-order valence-electron chi connectivity index (χ2n) is 6.48. The first-order valence-electron chi connectivity index (χ1n) is 9.29. The van der Waals surface area contributed by atoms with Crippen LogP contribution in [0.4, 0.5) is 0 Å². The first kappa shape index (κ1) is 21.8. The quantitative estimate of drug-likeness (QED) is 0.522. The number of halogens is 1. The Balaban J connectivity index is 1.49. The summed E-state index contributed by atoms with van der Waals surface area (Å²) in [5.74, 6) is -0.219. The molecule has 1 N–H and O–H groups in total. The SMILES string of the molecule is COc1ccc(CCNC(=O)C(C)OC(=O)c2csc(-c3cccc(Cl)c3)n2)cc1. The summed E-state index contributed by atoms with van der Waals surface area (Å²) in [6, 6.07) is 14.8. The molecule has 0 saturated carbocycles. The van der Waals surface area contributed by atoms with Crippen LogP contribution in [0, 0.1) is 0 Å². The summed E-state index contributed by atoms with van der Waals surface area (Å²) in [5.41, 5.74) is 2.04. The number of methoxy groups -OCH3 is 1. The Labute approximate surface area is 183 Å². The van der Waals surface area contributed by atoms with Crippen LogP contribution in [0.2, 0.25) is 5.02 Å². The normalized spacial score (nSPS) is 11.6. The number of aromatic nitrogens is 1. The molecule has 0 bridgehead atoms. The molecule has 0 radical (unpaired) electrons. The van der Waals surface area contributed by atoms with E-state index in [1.165, 1.54) is 18.3 Å². The number of nitrogens with one attached hydrogen (secondary N) is 1. The zero-order valence-electron chi connectivity index (χ0n) is 16.6. The highest BCUT2D eigenvalue weighted by Crippen LogP contribution is 2.26. The molecular formula is C22H21ClN2O4S. The van der Waals surface area contributed by atoms with Gasteiger partial charge in [0.2, 0.25) is 0 Å². The van der Waals surface area contributed by atoms with Gasteiger partial charge in [-0.25, -0.2) is 9.78 Å². The first-order chi connectivity index (χ1) is 14.5. The van der Waals surface area contributed by atoms with E-state index in [2.05, 4.69) is 10.3 Å². The monoisotopic (exact) mass is 444 g/mol. The van der Waals surface area contributed by atoms with Gasteiger partial charge >= 0.3 is 5.97 Å². The average molecular weight is 445 g/mol. The van der Waals surface area contributed by atoms with Crippen LogP contribution < -0.4 is 10.1 Å². The van der Waals surface area contributed by atoms with E-state index in [-0.39, 0.29) is 11.6 Å². The van der Waals surface area contributed by atoms with Crippen molar-refractivity contribution in [2.24, 2.45) is 0 Å². The highest BCUT2D eigenvalue weighted by Gasteiger charge is 2.21. The van der Waals surface area contributed by atoms with Crippen LogP contribution >= 0.6 is 22.9 Å². The van der Waals surface area contributed by atoms with Gasteiger partial charge in [-0.2, -0.15) is 0 Å². The number of thiazole rings is 1. The summed E-state index contributed by atoms with van der Waals surface area (Å²) in [4.78, 5) is 28.8. The van der Waals surface area contributed by atoms with Gasteiger partial charge in [-0.3, -0.25) is 4.79 Å². The third kappa shape index (κ3) is 5.81. The van der Waals surface area contributed by atoms with E-state index in [4.69, 9.17) is 21.1 Å². The van der Waals surface area contributed by atoms with Gasteiger partial charge in [-0.1, -0.05) is 35.9 Å². The minimum absolute atomic E-state index is 0.160. The Bertz CT molecular complexity index is 1020. The minimum atomic E-state index is -0.926. The molecule has 0 saturated heterocycles. The molecule has 3 aromatic rings. The number of hydrogen-bond donors (Lipinski definition) is 1. The zero-order chi connectivity index (χ0) is 21.5. The van der Waals surface area contributed by atoms with E-state index in [0.29, 0.717) is 23.0 Å². The largest absolute Gasteiger partial charge is 0.497 e. The van der Waals surface area contributed by atoms with Crippen LogP contribution in [0.25, 0.3) is 10.6 Å². The number of esters is 1. The van der Waals surface area contributed by atoms with Gasteiger partial charge in [0, 0.05) is 22.5 Å². The summed E-state index contributed by atoms with van der Waals surface area (Å²) >= 11 is 7.31. The zero-order valence-corrected chi connectivity index (χ0v) is 18.1. The fourth-order valence-electron chi connectivity index (χ4n) is 2.66. The molecule has 0 fully saturated rings. The maximum Gasteiger partial charge on any atom is 0.358 e. The number of nitrogens with zero attached hydrogens (tertiary/aromatic N) is 1. The standard InChI is InChI=1S/C22H21ClN2O4S/c1-14(20(26)24-11-10-15-6-8-18(28-2)9-7-15)29-22(27)19-13-30-21(25-19)16-4-3-5-17(23)12-16/h3-9,12-14H,10-11H2,1-2H3,(H,24,26). The molecule has 1 aromatic heterocycles. The molecule has 0 aliphatic rings. The van der Waals surface area contributed by atoms with Crippen molar-refractivity contribution in [3.63, 3.8) is 0 Å². The molecule has 156 valence electrons. The van der Waals surface area contributed by atoms with Gasteiger partial charge in [-0.05, 0) is 43.2 Å². The average Bonchev–Trinajstić information content (AvgIpc) is 3.24. The van der Waals surface area contributed by atoms with Crippen molar-refractivity contribution in [3.8, 4) is 16.3 Å². The van der Waals surface area contributed by atoms with Gasteiger partial charge in [-0.15, -0.1) is 11.3 Å². The second kappa shape index (κ2) is 10.2. The Morgan fingerprint density at radius 2 is 1.97 bits per heavy atom. The molecule has 1 amide bonds. The molecule has 3 rings (SSSR count). The van der Waals surface area contributed by atoms with Crippen LogP contribution in [0.1, 0.15) is 23.0 Å². The van der Waals surface area contributed by atoms with Gasteiger partial charge < -0.3 is 14.8 Å². The molecule has 30 heavy (non-hydrogen) atoms. The van der Waals surface area contributed by atoms with E-state index in [0.717, 1.165) is 16.9 Å². The molecule has 1 atom stereocenters. The number of benzene rings is 2. The van der Waals surface area contributed by atoms with Crippen molar-refractivity contribution >= 4 is 34.8 Å². The lowest BCUT2D eigenvalue weighted by Crippen LogP contribution is -2.37. The fourth-order valence-corrected chi connectivity index (χ4v) is 3.64. The molecule has 0 spiro atoms. The second-order valence-corrected chi connectivity index (χ2v) is 7.78. The summed E-state index contributed by atoms with van der Waals surface area (Å²) in [7, 11) is 1.61. The summed E-state index contributed by atoms with van der Waals surface area (Å²) in [6.07, 6.45) is -0.268. The Hall–Kier alpha value is -2.90. The number of ether oxygens (including phenoxy) is 2. The molecule has 1 heterocycles. The Morgan fingerprint density at radius 1 is 1.20 bits per heavy atom. The van der Waals surface area contributed by atoms with Gasteiger partial charge in [0.05, 0.1) is 7.11 Å². The van der Waals surface area contributed by atoms with E-state index in [1.807, 2.05) is 36.4 Å². The fraction of sp³-hybridized carbons (Fsp3) is 0.227. The van der Waals surface area contributed by atoms with Crippen molar-refractivity contribution in [2.75, 3.05) is 13.7 Å². The molecule has 0 aliphatic heterocycles. The number of carbonyl (C=O) groups excluding carboxylic acids is 2. The predicted molar refractivity (Wildman–Crippen MR) is 117 cm³/mol. The highest BCUT2D eigenvalue weighted by molar-refractivity contribution is 7.13. The topological polar surface area (TPSA) is 77.5 Å². The van der Waals surface area contributed by atoms with Crippen LogP contribution in [0.5, 0.6) is 5.75 Å². The lowest BCUT2D eigenvalue weighted by atomic mass is 10.1.